The fourth-order valence-corrected chi connectivity index (χ4v) is 2.99. The molecule has 2 heteroatoms. The van der Waals surface area contributed by atoms with Crippen molar-refractivity contribution in [3.05, 3.63) is 62.8 Å². The summed E-state index contributed by atoms with van der Waals surface area (Å²) in [6, 6.07) is 7.67. The summed E-state index contributed by atoms with van der Waals surface area (Å²) in [6.07, 6.45) is 4.89. The molecule has 0 radical (unpaired) electrons. The second kappa shape index (κ2) is 5.57. The summed E-state index contributed by atoms with van der Waals surface area (Å²) in [5.74, 6) is 0.274. The van der Waals surface area contributed by atoms with Crippen LogP contribution in [0.5, 0.6) is 0 Å². The zero-order chi connectivity index (χ0) is 14.9. The largest absolute Gasteiger partial charge is 0.289 e. The molecule has 0 saturated carbocycles. The van der Waals surface area contributed by atoms with Gasteiger partial charge < -0.3 is 0 Å². The first-order valence-corrected chi connectivity index (χ1v) is 7.40. The van der Waals surface area contributed by atoms with Gasteiger partial charge in [0.15, 0.2) is 5.43 Å². The number of rotatable bonds is 1. The number of allylic oxidation sites excluding steroid dienone is 4. The van der Waals surface area contributed by atoms with Crippen molar-refractivity contribution in [1.82, 2.24) is 0 Å². The fraction of sp³-hybridized carbons (Fsp3) is 0.389. The van der Waals surface area contributed by atoms with Crippen LogP contribution in [0.15, 0.2) is 46.2 Å². The maximum Gasteiger partial charge on any atom is 0.189 e. The Labute approximate surface area is 126 Å². The molecule has 0 saturated heterocycles. The van der Waals surface area contributed by atoms with Crippen LogP contribution in [0.3, 0.4) is 0 Å². The molecule has 0 N–H and O–H groups in total. The van der Waals surface area contributed by atoms with Crippen LogP contribution in [-0.2, 0) is 5.41 Å². The highest BCUT2D eigenvalue weighted by Gasteiger charge is 2.23. The standard InChI is InChI=1S/C18H21ClO/c1-12-8-7-11-15(19)16(12)13-9-5-6-10-14(17(13)20)18(2,3)4/h5-7,9-12H,8H2,1-4H3. The monoisotopic (exact) mass is 288 g/mol. The van der Waals surface area contributed by atoms with Gasteiger partial charge in [-0.1, -0.05) is 69.6 Å². The van der Waals surface area contributed by atoms with Crippen LogP contribution in [0.25, 0.3) is 5.57 Å². The second-order valence-electron chi connectivity index (χ2n) is 6.43. The molecular weight excluding hydrogens is 268 g/mol. The average molecular weight is 289 g/mol. The van der Waals surface area contributed by atoms with E-state index < -0.39 is 0 Å². The van der Waals surface area contributed by atoms with Crippen LogP contribution >= 0.6 is 11.6 Å². The quantitative estimate of drug-likeness (QED) is 0.719. The van der Waals surface area contributed by atoms with Gasteiger partial charge in [-0.05, 0) is 29.4 Å². The maximum absolute atomic E-state index is 12.9. The number of hydrogen-bond donors (Lipinski definition) is 0. The molecule has 1 unspecified atom stereocenters. The minimum Gasteiger partial charge on any atom is -0.289 e. The predicted molar refractivity (Wildman–Crippen MR) is 87.1 cm³/mol. The first-order valence-electron chi connectivity index (χ1n) is 7.02. The average Bonchev–Trinajstić information content (AvgIpc) is 2.51. The Balaban J connectivity index is 2.75. The summed E-state index contributed by atoms with van der Waals surface area (Å²) in [5.41, 5.74) is 2.46. The molecule has 2 rings (SSSR count). The van der Waals surface area contributed by atoms with E-state index in [4.69, 9.17) is 11.6 Å². The van der Waals surface area contributed by atoms with Crippen molar-refractivity contribution in [3.8, 4) is 0 Å². The summed E-state index contributed by atoms with van der Waals surface area (Å²) in [4.78, 5) is 12.9. The molecular formula is C18H21ClO. The third-order valence-electron chi connectivity index (χ3n) is 3.73. The maximum atomic E-state index is 12.9. The van der Waals surface area contributed by atoms with Gasteiger partial charge in [0.1, 0.15) is 0 Å². The molecule has 0 bridgehead atoms. The third-order valence-corrected chi connectivity index (χ3v) is 4.06. The van der Waals surface area contributed by atoms with Crippen molar-refractivity contribution < 1.29 is 0 Å². The Morgan fingerprint density at radius 3 is 2.45 bits per heavy atom. The topological polar surface area (TPSA) is 17.1 Å². The Hall–Kier alpha value is -1.34. The van der Waals surface area contributed by atoms with Crippen LogP contribution < -0.4 is 5.43 Å². The van der Waals surface area contributed by atoms with E-state index in [9.17, 15) is 4.79 Å². The van der Waals surface area contributed by atoms with Gasteiger partial charge in [-0.15, -0.1) is 0 Å². The Morgan fingerprint density at radius 2 is 1.85 bits per heavy atom. The van der Waals surface area contributed by atoms with Crippen LogP contribution in [0, 0.1) is 5.92 Å². The molecule has 1 aromatic rings. The molecule has 106 valence electrons. The summed E-state index contributed by atoms with van der Waals surface area (Å²) in [6.45, 7) is 8.31. The van der Waals surface area contributed by atoms with Crippen molar-refractivity contribution in [2.24, 2.45) is 5.92 Å². The van der Waals surface area contributed by atoms with Gasteiger partial charge in [-0.25, -0.2) is 0 Å². The smallest absolute Gasteiger partial charge is 0.189 e. The lowest BCUT2D eigenvalue weighted by Gasteiger charge is -2.21. The normalized spacial score (nSPS) is 19.4. The molecule has 1 nitrogen and oxygen atoms in total. The van der Waals surface area contributed by atoms with E-state index in [-0.39, 0.29) is 16.8 Å². The fourth-order valence-electron chi connectivity index (χ4n) is 2.62. The van der Waals surface area contributed by atoms with E-state index in [0.29, 0.717) is 5.03 Å². The lowest BCUT2D eigenvalue weighted by atomic mass is 9.84. The zero-order valence-electron chi connectivity index (χ0n) is 12.5. The SMILES string of the molecule is CC1CC=CC(Cl)=C1c1ccccc(C(C)(C)C)c1=O. The van der Waals surface area contributed by atoms with Crippen molar-refractivity contribution >= 4 is 17.2 Å². The van der Waals surface area contributed by atoms with E-state index in [1.54, 1.807) is 0 Å². The Kier molecular flexibility index (Phi) is 4.19. The van der Waals surface area contributed by atoms with Crippen LogP contribution in [0.2, 0.25) is 0 Å². The van der Waals surface area contributed by atoms with E-state index in [1.807, 2.05) is 30.3 Å². The predicted octanol–water partition coefficient (Wildman–Crippen LogP) is 4.89. The van der Waals surface area contributed by atoms with E-state index >= 15 is 0 Å². The lowest BCUT2D eigenvalue weighted by Crippen LogP contribution is -2.24. The van der Waals surface area contributed by atoms with Crippen molar-refractivity contribution in [3.63, 3.8) is 0 Å². The first kappa shape index (κ1) is 15.1. The Morgan fingerprint density at radius 1 is 1.20 bits per heavy atom. The first-order chi connectivity index (χ1) is 9.32. The summed E-state index contributed by atoms with van der Waals surface area (Å²) in [5, 5.41) is 0.687. The third kappa shape index (κ3) is 2.88. The van der Waals surface area contributed by atoms with Crippen molar-refractivity contribution in [2.75, 3.05) is 0 Å². The Bertz CT molecular complexity index is 633. The summed E-state index contributed by atoms with van der Waals surface area (Å²) in [7, 11) is 0. The molecule has 0 fully saturated rings. The molecule has 0 aromatic heterocycles. The highest BCUT2D eigenvalue weighted by atomic mass is 35.5. The van der Waals surface area contributed by atoms with Gasteiger partial charge in [-0.3, -0.25) is 4.79 Å². The van der Waals surface area contributed by atoms with E-state index in [2.05, 4.69) is 33.8 Å². The number of hydrogen-bond acceptors (Lipinski definition) is 1. The molecule has 1 atom stereocenters. The minimum absolute atomic E-state index is 0.0952. The highest BCUT2D eigenvalue weighted by molar-refractivity contribution is 6.34. The van der Waals surface area contributed by atoms with Gasteiger partial charge in [-0.2, -0.15) is 0 Å². The van der Waals surface area contributed by atoms with E-state index in [1.165, 1.54) is 0 Å². The molecule has 0 spiro atoms. The molecule has 0 aliphatic heterocycles. The number of halogens is 1. The molecule has 0 heterocycles. The van der Waals surface area contributed by atoms with Crippen LogP contribution in [0.1, 0.15) is 45.2 Å². The zero-order valence-corrected chi connectivity index (χ0v) is 13.3. The molecule has 1 aromatic carbocycles. The van der Waals surface area contributed by atoms with Crippen LogP contribution in [-0.4, -0.2) is 0 Å². The molecule has 20 heavy (non-hydrogen) atoms. The minimum atomic E-state index is -0.175. The van der Waals surface area contributed by atoms with Gasteiger partial charge >= 0.3 is 0 Å². The van der Waals surface area contributed by atoms with Gasteiger partial charge in [0.25, 0.3) is 0 Å². The van der Waals surface area contributed by atoms with Gasteiger partial charge in [0.2, 0.25) is 0 Å². The summed E-state index contributed by atoms with van der Waals surface area (Å²) >= 11 is 6.35. The molecule has 1 aliphatic rings. The van der Waals surface area contributed by atoms with Crippen LogP contribution in [0.4, 0.5) is 0 Å². The van der Waals surface area contributed by atoms with Gasteiger partial charge in [0, 0.05) is 16.2 Å². The molecule has 0 amide bonds. The van der Waals surface area contributed by atoms with Crippen molar-refractivity contribution in [1.29, 1.82) is 0 Å². The van der Waals surface area contributed by atoms with Crippen molar-refractivity contribution in [2.45, 2.75) is 39.5 Å². The van der Waals surface area contributed by atoms with E-state index in [0.717, 1.165) is 23.1 Å². The second-order valence-corrected chi connectivity index (χ2v) is 6.83. The molecule has 1 aliphatic carbocycles. The highest BCUT2D eigenvalue weighted by Crippen LogP contribution is 2.34. The summed E-state index contributed by atoms with van der Waals surface area (Å²) < 4.78 is 0. The van der Waals surface area contributed by atoms with Gasteiger partial charge in [0.05, 0.1) is 0 Å². The lowest BCUT2D eigenvalue weighted by molar-refractivity contribution is 0.586.